The Morgan fingerprint density at radius 3 is 2.67 bits per heavy atom. The van der Waals surface area contributed by atoms with Crippen LogP contribution in [0.1, 0.15) is 45.4 Å². The summed E-state index contributed by atoms with van der Waals surface area (Å²) in [6.07, 6.45) is 6.60. The van der Waals surface area contributed by atoms with Gasteiger partial charge < -0.3 is 15.4 Å². The van der Waals surface area contributed by atoms with Crippen LogP contribution in [0.5, 0.6) is 0 Å². The van der Waals surface area contributed by atoms with Crippen LogP contribution in [-0.2, 0) is 19.1 Å². The van der Waals surface area contributed by atoms with Crippen LogP contribution in [0.25, 0.3) is 0 Å². The first-order valence-corrected chi connectivity index (χ1v) is 7.68. The Bertz CT molecular complexity index is 422. The summed E-state index contributed by atoms with van der Waals surface area (Å²) in [5.41, 5.74) is 4.39. The third-order valence-corrected chi connectivity index (χ3v) is 4.56. The molecule has 1 amide bonds. The molecule has 0 aromatic heterocycles. The van der Waals surface area contributed by atoms with Gasteiger partial charge in [-0.15, -0.1) is 0 Å². The molecule has 2 N–H and O–H groups in total. The summed E-state index contributed by atoms with van der Waals surface area (Å²) in [7, 11) is 0. The molecule has 6 heteroatoms. The van der Waals surface area contributed by atoms with E-state index in [9.17, 15) is 14.4 Å². The van der Waals surface area contributed by atoms with E-state index in [-0.39, 0.29) is 18.9 Å². The smallest absolute Gasteiger partial charge is 0.340 e. The lowest BCUT2D eigenvalue weighted by atomic mass is 9.80. The molecule has 6 nitrogen and oxygen atoms in total. The summed E-state index contributed by atoms with van der Waals surface area (Å²) in [5.74, 6) is -0.541. The number of hydrogen-bond acceptors (Lipinski definition) is 5. The van der Waals surface area contributed by atoms with Gasteiger partial charge in [-0.2, -0.15) is 0 Å². The number of carbonyl (C=O) groups is 2. The highest BCUT2D eigenvalue weighted by Crippen LogP contribution is 2.33. The van der Waals surface area contributed by atoms with Gasteiger partial charge in [0.1, 0.15) is 0 Å². The van der Waals surface area contributed by atoms with Gasteiger partial charge in [-0.3, -0.25) is 9.59 Å². The molecule has 21 heavy (non-hydrogen) atoms. The molecule has 1 saturated heterocycles. The maximum Gasteiger partial charge on any atom is 0.340 e. The van der Waals surface area contributed by atoms with E-state index in [1.165, 1.54) is 11.3 Å². The zero-order valence-electron chi connectivity index (χ0n) is 12.5. The van der Waals surface area contributed by atoms with Crippen molar-refractivity contribution in [3.05, 3.63) is 0 Å². The zero-order valence-corrected chi connectivity index (χ0v) is 12.5. The Kier molecular flexibility index (Phi) is 4.98. The number of amides is 1. The molecule has 1 saturated carbocycles. The summed E-state index contributed by atoms with van der Waals surface area (Å²) in [4.78, 5) is 37.3. The second-order valence-corrected chi connectivity index (χ2v) is 5.92. The van der Waals surface area contributed by atoms with Gasteiger partial charge in [0.25, 0.3) is 0 Å². The van der Waals surface area contributed by atoms with E-state index in [0.717, 1.165) is 12.8 Å². The first kappa shape index (κ1) is 15.9. The first-order chi connectivity index (χ1) is 10.0. The van der Waals surface area contributed by atoms with E-state index in [0.29, 0.717) is 25.3 Å². The molecular formula is C15H23N2O4. The standard InChI is InChI=1S/C15H23N2O4/c1-2-21-14(20)15(10-18)7-4-8-17(15)13(19)12(16)9-11-5-3-6-11/h11-12H,2-9,16H2,1H3/t12-,15+/m1/s1. The number of hydrogen-bond donors (Lipinski definition) is 1. The molecule has 0 bridgehead atoms. The van der Waals surface area contributed by atoms with Gasteiger partial charge in [-0.25, -0.2) is 4.79 Å². The van der Waals surface area contributed by atoms with Gasteiger partial charge in [0.15, 0.2) is 0 Å². The lowest BCUT2D eigenvalue weighted by Crippen LogP contribution is -2.59. The van der Waals surface area contributed by atoms with Crippen molar-refractivity contribution in [3.63, 3.8) is 0 Å². The number of rotatable bonds is 6. The molecule has 0 spiro atoms. The van der Waals surface area contributed by atoms with Crippen LogP contribution >= 0.6 is 0 Å². The highest BCUT2D eigenvalue weighted by molar-refractivity contribution is 6.03. The third-order valence-electron chi connectivity index (χ3n) is 4.56. The number of nitrogens with two attached hydrogens (primary N) is 1. The van der Waals surface area contributed by atoms with E-state index >= 15 is 0 Å². The fraction of sp³-hybridized carbons (Fsp3) is 0.800. The van der Waals surface area contributed by atoms with Crippen LogP contribution < -0.4 is 5.73 Å². The summed E-state index contributed by atoms with van der Waals surface area (Å²) in [6.45, 7) is 2.18. The fourth-order valence-corrected chi connectivity index (χ4v) is 3.12. The van der Waals surface area contributed by atoms with Gasteiger partial charge in [0, 0.05) is 6.54 Å². The second-order valence-electron chi connectivity index (χ2n) is 5.92. The monoisotopic (exact) mass is 295 g/mol. The Hall–Kier alpha value is -1.43. The van der Waals surface area contributed by atoms with Crippen LogP contribution in [0, 0.1) is 5.92 Å². The van der Waals surface area contributed by atoms with Crippen LogP contribution in [0.2, 0.25) is 0 Å². The Labute approximate surface area is 125 Å². The molecule has 2 aliphatic rings. The Morgan fingerprint density at radius 1 is 1.43 bits per heavy atom. The van der Waals surface area contributed by atoms with E-state index in [4.69, 9.17) is 10.5 Å². The minimum absolute atomic E-state index is 0.165. The van der Waals surface area contributed by atoms with E-state index in [2.05, 4.69) is 0 Å². The van der Waals surface area contributed by atoms with Crippen molar-refractivity contribution in [3.8, 4) is 0 Å². The Balaban J connectivity index is 2.09. The number of esters is 1. The minimum Gasteiger partial charge on any atom is -0.464 e. The van der Waals surface area contributed by atoms with Crippen molar-refractivity contribution in [1.29, 1.82) is 0 Å². The molecule has 1 aliphatic carbocycles. The predicted molar refractivity (Wildman–Crippen MR) is 75.9 cm³/mol. The maximum absolute atomic E-state index is 12.5. The van der Waals surface area contributed by atoms with Crippen molar-refractivity contribution < 1.29 is 19.1 Å². The summed E-state index contributed by atoms with van der Waals surface area (Å²) in [6, 6.07) is -0.657. The quantitative estimate of drug-likeness (QED) is 0.570. The van der Waals surface area contributed by atoms with E-state index < -0.39 is 17.6 Å². The highest BCUT2D eigenvalue weighted by atomic mass is 16.5. The Morgan fingerprint density at radius 2 is 2.14 bits per heavy atom. The maximum atomic E-state index is 12.5. The van der Waals surface area contributed by atoms with Crippen LogP contribution in [0.3, 0.4) is 0 Å². The van der Waals surface area contributed by atoms with Crippen LogP contribution in [0.15, 0.2) is 0 Å². The van der Waals surface area contributed by atoms with Crippen LogP contribution in [-0.4, -0.2) is 47.8 Å². The first-order valence-electron chi connectivity index (χ1n) is 7.68. The zero-order chi connectivity index (χ0) is 15.5. The molecule has 0 aromatic rings. The summed E-state index contributed by atoms with van der Waals surface area (Å²) in [5, 5.41) is 0. The molecule has 0 aromatic carbocycles. The number of carbonyl (C=O) groups excluding carboxylic acids is 3. The molecule has 2 rings (SSSR count). The van der Waals surface area contributed by atoms with Gasteiger partial charge in [0.2, 0.25) is 17.7 Å². The molecule has 1 radical (unpaired) electrons. The molecule has 1 aliphatic heterocycles. The molecule has 2 atom stereocenters. The molecule has 117 valence electrons. The average Bonchev–Trinajstić information content (AvgIpc) is 2.87. The predicted octanol–water partition coefficient (Wildman–Crippen LogP) is 0.538. The second kappa shape index (κ2) is 6.56. The van der Waals surface area contributed by atoms with Crippen molar-refractivity contribution >= 4 is 18.2 Å². The average molecular weight is 295 g/mol. The lowest BCUT2D eigenvalue weighted by molar-refractivity contribution is -0.157. The van der Waals surface area contributed by atoms with Crippen molar-refractivity contribution in [2.45, 2.75) is 57.0 Å². The van der Waals surface area contributed by atoms with Gasteiger partial charge >= 0.3 is 5.97 Å². The van der Waals surface area contributed by atoms with Crippen molar-refractivity contribution in [1.82, 2.24) is 4.90 Å². The van der Waals surface area contributed by atoms with Gasteiger partial charge in [-0.1, -0.05) is 19.3 Å². The number of likely N-dealkylation sites (tertiary alicyclic amines) is 1. The van der Waals surface area contributed by atoms with Gasteiger partial charge in [0.05, 0.1) is 12.6 Å². The van der Waals surface area contributed by atoms with Gasteiger partial charge in [-0.05, 0) is 32.1 Å². The van der Waals surface area contributed by atoms with Crippen molar-refractivity contribution in [2.24, 2.45) is 11.7 Å². The van der Waals surface area contributed by atoms with Crippen molar-refractivity contribution in [2.75, 3.05) is 13.2 Å². The molecular weight excluding hydrogens is 272 g/mol. The normalized spacial score (nSPS) is 27.0. The highest BCUT2D eigenvalue weighted by Gasteiger charge is 2.53. The molecule has 2 fully saturated rings. The topological polar surface area (TPSA) is 89.7 Å². The van der Waals surface area contributed by atoms with Crippen LogP contribution in [0.4, 0.5) is 0 Å². The number of nitrogens with zero attached hydrogens (tertiary/aromatic N) is 1. The van der Waals surface area contributed by atoms with E-state index in [1.807, 2.05) is 0 Å². The SMILES string of the molecule is CCOC(=O)[C@@]1([C]=O)CCCN1C(=O)[C@H](N)CC1CCC1. The van der Waals surface area contributed by atoms with E-state index in [1.54, 1.807) is 13.2 Å². The fourth-order valence-electron chi connectivity index (χ4n) is 3.12. The third kappa shape index (κ3) is 2.95. The number of ether oxygens (including phenoxy) is 1. The molecule has 1 heterocycles. The summed E-state index contributed by atoms with van der Waals surface area (Å²) < 4.78 is 4.96. The minimum atomic E-state index is -1.59. The molecule has 0 unspecified atom stereocenters. The summed E-state index contributed by atoms with van der Waals surface area (Å²) >= 11 is 0. The largest absolute Gasteiger partial charge is 0.464 e. The lowest BCUT2D eigenvalue weighted by Gasteiger charge is -2.34.